The average Bonchev–Trinajstić information content (AvgIpc) is 2.31. The molecule has 0 bridgehead atoms. The van der Waals surface area contributed by atoms with Crippen LogP contribution in [0.2, 0.25) is 0 Å². The Morgan fingerprint density at radius 3 is 1.95 bits per heavy atom. The van der Waals surface area contributed by atoms with Gasteiger partial charge in [0.2, 0.25) is 0 Å². The molecule has 0 radical (unpaired) electrons. The van der Waals surface area contributed by atoms with Gasteiger partial charge in [-0.1, -0.05) is 13.3 Å². The first-order valence-electron chi connectivity index (χ1n) is 5.55. The molecule has 0 saturated heterocycles. The molecule has 120 valence electrons. The fourth-order valence-corrected chi connectivity index (χ4v) is 0.939. The molecule has 0 rings (SSSR count). The van der Waals surface area contributed by atoms with Crippen molar-refractivity contribution in [3.05, 3.63) is 0 Å². The maximum Gasteiger partial charge on any atom is 0.460 e. The highest BCUT2D eigenvalue weighted by Gasteiger charge is 2.77. The summed E-state index contributed by atoms with van der Waals surface area (Å²) >= 11 is 0. The molecule has 0 fully saturated rings. The molecule has 0 aromatic carbocycles. The van der Waals surface area contributed by atoms with Crippen LogP contribution in [0, 0.1) is 0 Å². The van der Waals surface area contributed by atoms with Gasteiger partial charge in [-0.2, -0.15) is 30.7 Å². The second-order valence-corrected chi connectivity index (χ2v) is 3.75. The van der Waals surface area contributed by atoms with Gasteiger partial charge in [0.15, 0.2) is 0 Å². The maximum absolute atomic E-state index is 12.7. The highest BCUT2D eigenvalue weighted by Crippen LogP contribution is 2.46. The summed E-state index contributed by atoms with van der Waals surface area (Å²) in [4.78, 5) is 10.6. The van der Waals surface area contributed by atoms with Crippen LogP contribution < -0.4 is 0 Å². The molecular formula is C10H13F7O3. The van der Waals surface area contributed by atoms with E-state index in [0.29, 0.717) is 6.42 Å². The molecule has 0 aromatic heterocycles. The molecule has 20 heavy (non-hydrogen) atoms. The highest BCUT2D eigenvalue weighted by molar-refractivity contribution is 5.79. The van der Waals surface area contributed by atoms with Crippen LogP contribution >= 0.6 is 0 Å². The van der Waals surface area contributed by atoms with E-state index in [4.69, 9.17) is 4.74 Å². The molecule has 10 heteroatoms. The number of halogens is 7. The molecule has 0 spiro atoms. The second-order valence-electron chi connectivity index (χ2n) is 3.75. The van der Waals surface area contributed by atoms with Crippen LogP contribution in [0.5, 0.6) is 0 Å². The lowest BCUT2D eigenvalue weighted by Crippen LogP contribution is -2.56. The molecule has 0 saturated carbocycles. The van der Waals surface area contributed by atoms with Crippen LogP contribution in [0.4, 0.5) is 30.7 Å². The van der Waals surface area contributed by atoms with E-state index in [1.54, 1.807) is 0 Å². The average molecular weight is 314 g/mol. The van der Waals surface area contributed by atoms with Gasteiger partial charge in [0, 0.05) is 6.61 Å². The number of carbonyl (C=O) groups is 1. The van der Waals surface area contributed by atoms with E-state index < -0.39 is 30.6 Å². The van der Waals surface area contributed by atoms with Crippen molar-refractivity contribution in [3.8, 4) is 0 Å². The van der Waals surface area contributed by atoms with Crippen LogP contribution in [0.15, 0.2) is 0 Å². The lowest BCUT2D eigenvalue weighted by molar-refractivity contribution is -0.348. The SMILES string of the molecule is CCCCOCCOC(=O)C(F)(F)C(F)(F)C(F)(F)F. The minimum atomic E-state index is -6.56. The zero-order chi connectivity index (χ0) is 16.0. The number of hydrogen-bond donors (Lipinski definition) is 0. The van der Waals surface area contributed by atoms with E-state index in [-0.39, 0.29) is 13.2 Å². The smallest absolute Gasteiger partial charge is 0.459 e. The Kier molecular flexibility index (Phi) is 6.72. The highest BCUT2D eigenvalue weighted by atomic mass is 19.4. The van der Waals surface area contributed by atoms with Crippen LogP contribution in [-0.4, -0.2) is 43.8 Å². The van der Waals surface area contributed by atoms with Crippen LogP contribution in [0.25, 0.3) is 0 Å². The van der Waals surface area contributed by atoms with Crippen LogP contribution in [0.1, 0.15) is 19.8 Å². The van der Waals surface area contributed by atoms with Gasteiger partial charge in [0.05, 0.1) is 6.61 Å². The van der Waals surface area contributed by atoms with Crippen molar-refractivity contribution in [1.82, 2.24) is 0 Å². The lowest BCUT2D eigenvalue weighted by atomic mass is 10.1. The summed E-state index contributed by atoms with van der Waals surface area (Å²) < 4.78 is 94.0. The van der Waals surface area contributed by atoms with E-state index >= 15 is 0 Å². The largest absolute Gasteiger partial charge is 0.460 e. The Morgan fingerprint density at radius 1 is 0.950 bits per heavy atom. The van der Waals surface area contributed by atoms with E-state index in [9.17, 15) is 35.5 Å². The first-order chi connectivity index (χ1) is 8.98. The van der Waals surface area contributed by atoms with Crippen molar-refractivity contribution in [2.45, 2.75) is 37.8 Å². The Hall–Kier alpha value is -1.06. The Morgan fingerprint density at radius 2 is 1.50 bits per heavy atom. The Balaban J connectivity index is 4.39. The minimum Gasteiger partial charge on any atom is -0.459 e. The van der Waals surface area contributed by atoms with Crippen molar-refractivity contribution in [1.29, 1.82) is 0 Å². The summed E-state index contributed by atoms with van der Waals surface area (Å²) in [6.45, 7) is 0.845. The third-order valence-corrected chi connectivity index (χ3v) is 2.11. The standard InChI is InChI=1S/C10H13F7O3/c1-2-3-4-19-5-6-20-7(18)8(11,12)9(13,14)10(15,16)17/h2-6H2,1H3. The minimum absolute atomic E-state index is 0.225. The number of carbonyl (C=O) groups excluding carboxylic acids is 1. The molecule has 3 nitrogen and oxygen atoms in total. The van der Waals surface area contributed by atoms with Gasteiger partial charge >= 0.3 is 24.0 Å². The van der Waals surface area contributed by atoms with Gasteiger partial charge in [-0.3, -0.25) is 0 Å². The number of hydrogen-bond acceptors (Lipinski definition) is 3. The first kappa shape index (κ1) is 18.9. The van der Waals surface area contributed by atoms with Crippen molar-refractivity contribution < 1.29 is 45.0 Å². The molecule has 0 aromatic rings. The van der Waals surface area contributed by atoms with Crippen molar-refractivity contribution in [2.24, 2.45) is 0 Å². The molecule has 0 aliphatic rings. The zero-order valence-corrected chi connectivity index (χ0v) is 10.4. The molecule has 0 N–H and O–H groups in total. The predicted molar refractivity (Wildman–Crippen MR) is 52.6 cm³/mol. The molecule has 0 aliphatic heterocycles. The van der Waals surface area contributed by atoms with Gasteiger partial charge in [-0.25, -0.2) is 4.79 Å². The summed E-state index contributed by atoms with van der Waals surface area (Å²) in [5.74, 6) is -15.4. The van der Waals surface area contributed by atoms with Gasteiger partial charge in [-0.15, -0.1) is 0 Å². The summed E-state index contributed by atoms with van der Waals surface area (Å²) in [5, 5.41) is 0. The van der Waals surface area contributed by atoms with Gasteiger partial charge in [0.25, 0.3) is 0 Å². The summed E-state index contributed by atoms with van der Waals surface area (Å²) in [6.07, 6.45) is -5.15. The van der Waals surface area contributed by atoms with Crippen molar-refractivity contribution >= 4 is 5.97 Å². The van der Waals surface area contributed by atoms with Crippen LogP contribution in [-0.2, 0) is 14.3 Å². The second kappa shape index (κ2) is 7.09. The molecule has 0 unspecified atom stereocenters. The number of alkyl halides is 7. The van der Waals surface area contributed by atoms with Crippen molar-refractivity contribution in [3.63, 3.8) is 0 Å². The third kappa shape index (κ3) is 4.50. The van der Waals surface area contributed by atoms with E-state index in [1.165, 1.54) is 0 Å². The van der Waals surface area contributed by atoms with Gasteiger partial charge < -0.3 is 9.47 Å². The quantitative estimate of drug-likeness (QED) is 0.392. The maximum atomic E-state index is 12.7. The van der Waals surface area contributed by atoms with Crippen LogP contribution in [0.3, 0.4) is 0 Å². The molecule has 0 aliphatic carbocycles. The first-order valence-corrected chi connectivity index (χ1v) is 5.55. The summed E-state index contributed by atoms with van der Waals surface area (Å²) in [6, 6.07) is 0. The Labute approximate surface area is 110 Å². The van der Waals surface area contributed by atoms with E-state index in [1.807, 2.05) is 6.92 Å². The number of rotatable bonds is 8. The zero-order valence-electron chi connectivity index (χ0n) is 10.4. The molecular weight excluding hydrogens is 301 g/mol. The molecule has 0 amide bonds. The monoisotopic (exact) mass is 314 g/mol. The fourth-order valence-electron chi connectivity index (χ4n) is 0.939. The van der Waals surface area contributed by atoms with E-state index in [0.717, 1.165) is 6.42 Å². The predicted octanol–water partition coefficient (Wildman–Crippen LogP) is 3.18. The number of esters is 1. The normalized spacial score (nSPS) is 13.4. The third-order valence-electron chi connectivity index (χ3n) is 2.11. The molecule has 0 heterocycles. The van der Waals surface area contributed by atoms with Gasteiger partial charge in [-0.05, 0) is 6.42 Å². The fraction of sp³-hybridized carbons (Fsp3) is 0.900. The van der Waals surface area contributed by atoms with E-state index in [2.05, 4.69) is 4.74 Å². The Bertz CT molecular complexity index is 314. The van der Waals surface area contributed by atoms with Crippen molar-refractivity contribution in [2.75, 3.05) is 19.8 Å². The summed E-state index contributed by atoms with van der Waals surface area (Å²) in [7, 11) is 0. The number of unbranched alkanes of at least 4 members (excludes halogenated alkanes) is 1. The van der Waals surface area contributed by atoms with Gasteiger partial charge in [0.1, 0.15) is 6.61 Å². The lowest BCUT2D eigenvalue weighted by Gasteiger charge is -2.26. The summed E-state index contributed by atoms with van der Waals surface area (Å²) in [5.41, 5.74) is 0. The topological polar surface area (TPSA) is 35.5 Å². The molecule has 0 atom stereocenters. The number of ether oxygens (including phenoxy) is 2.